The summed E-state index contributed by atoms with van der Waals surface area (Å²) in [6, 6.07) is 13.5. The predicted molar refractivity (Wildman–Crippen MR) is 155 cm³/mol. The number of Topliss-reactive ketones (excluding diaryl/α,β-unsaturated/α-hetero) is 1. The van der Waals surface area contributed by atoms with Crippen molar-refractivity contribution < 1.29 is 28.0 Å². The van der Waals surface area contributed by atoms with E-state index in [2.05, 4.69) is 9.97 Å². The molecule has 1 unspecified atom stereocenters. The van der Waals surface area contributed by atoms with Crippen molar-refractivity contribution in [3.8, 4) is 0 Å². The molecule has 0 bridgehead atoms. The van der Waals surface area contributed by atoms with Crippen molar-refractivity contribution in [2.75, 3.05) is 4.90 Å². The number of nitrogens with zero attached hydrogens (tertiary/aromatic N) is 4. The van der Waals surface area contributed by atoms with Crippen LogP contribution in [0.3, 0.4) is 0 Å². The zero-order valence-corrected chi connectivity index (χ0v) is 24.2. The van der Waals surface area contributed by atoms with Crippen LogP contribution in [0.2, 0.25) is 0 Å². The van der Waals surface area contributed by atoms with E-state index in [-0.39, 0.29) is 36.5 Å². The van der Waals surface area contributed by atoms with Crippen molar-refractivity contribution in [3.63, 3.8) is 0 Å². The Bertz CT molecular complexity index is 1840. The predicted octanol–water partition coefficient (Wildman–Crippen LogP) is 5.20. The monoisotopic (exact) mass is 604 g/mol. The Kier molecular flexibility index (Phi) is 7.25. The number of nitro groups is 1. The van der Waals surface area contributed by atoms with Gasteiger partial charge in [0, 0.05) is 30.1 Å². The Morgan fingerprint density at radius 2 is 1.62 bits per heavy atom. The van der Waals surface area contributed by atoms with Gasteiger partial charge in [-0.1, -0.05) is 56.4 Å². The molecule has 42 heavy (non-hydrogen) atoms. The number of aromatic nitrogens is 2. The molecule has 3 heterocycles. The van der Waals surface area contributed by atoms with Gasteiger partial charge in [0.05, 0.1) is 27.6 Å². The highest BCUT2D eigenvalue weighted by molar-refractivity contribution is 7.93. The number of aliphatic hydroxyl groups is 1. The van der Waals surface area contributed by atoms with Crippen molar-refractivity contribution in [2.45, 2.75) is 41.3 Å². The SMILES string of the molecule is CC(C)(C)c1ccc(C2C(=C(O)c3ccncc3)C(=O)C(=O)N2c2ncc(S(=O)(=O)c3ccc([N+](=O)[O-])cc3)s2)cc1. The van der Waals surface area contributed by atoms with Gasteiger partial charge in [0.15, 0.2) is 5.13 Å². The van der Waals surface area contributed by atoms with Crippen LogP contribution in [0.25, 0.3) is 5.76 Å². The van der Waals surface area contributed by atoms with Gasteiger partial charge < -0.3 is 5.11 Å². The number of carbonyl (C=O) groups is 2. The van der Waals surface area contributed by atoms with E-state index in [1.165, 1.54) is 24.5 Å². The standard InChI is InChI=1S/C29H24N4O7S2/c1-29(2,3)19-6-4-17(5-7-19)24-23(25(34)18-12-14-30-15-13-18)26(35)27(36)32(24)28-31-16-22(41-28)42(39,40)21-10-8-20(9-11-21)33(37)38/h4-16,24,34H,1-3H3. The van der Waals surface area contributed by atoms with Gasteiger partial charge in [-0.05, 0) is 40.8 Å². The lowest BCUT2D eigenvalue weighted by Crippen LogP contribution is -2.29. The summed E-state index contributed by atoms with van der Waals surface area (Å²) in [6.45, 7) is 6.13. The summed E-state index contributed by atoms with van der Waals surface area (Å²) in [6.07, 6.45) is 3.95. The van der Waals surface area contributed by atoms with Crippen LogP contribution in [-0.4, -0.2) is 40.1 Å². The second kappa shape index (κ2) is 10.6. The number of carbonyl (C=O) groups excluding carboxylic acids is 2. The van der Waals surface area contributed by atoms with Crippen LogP contribution in [0.5, 0.6) is 0 Å². The van der Waals surface area contributed by atoms with Crippen molar-refractivity contribution >= 4 is 49.4 Å². The summed E-state index contributed by atoms with van der Waals surface area (Å²) in [7, 11) is -4.16. The highest BCUT2D eigenvalue weighted by Gasteiger charge is 2.48. The smallest absolute Gasteiger partial charge is 0.301 e. The molecule has 1 aliphatic rings. The number of amides is 1. The number of sulfone groups is 1. The first-order valence-corrected chi connectivity index (χ1v) is 14.9. The zero-order valence-electron chi connectivity index (χ0n) is 22.6. The van der Waals surface area contributed by atoms with E-state index in [9.17, 15) is 33.2 Å². The molecule has 5 rings (SSSR count). The first-order chi connectivity index (χ1) is 19.8. The highest BCUT2D eigenvalue weighted by atomic mass is 32.2. The second-order valence-electron chi connectivity index (χ2n) is 10.5. The topological polar surface area (TPSA) is 161 Å². The summed E-state index contributed by atoms with van der Waals surface area (Å²) >= 11 is 0.669. The lowest BCUT2D eigenvalue weighted by molar-refractivity contribution is -0.384. The normalized spacial score (nSPS) is 17.0. The minimum atomic E-state index is -4.16. The number of hydrogen-bond acceptors (Lipinski definition) is 10. The van der Waals surface area contributed by atoms with E-state index in [1.54, 1.807) is 12.1 Å². The third-order valence-corrected chi connectivity index (χ3v) is 10.0. The average Bonchev–Trinajstić information content (AvgIpc) is 3.56. The first kappa shape index (κ1) is 28.8. The van der Waals surface area contributed by atoms with Crippen LogP contribution in [0.15, 0.2) is 93.9 Å². The van der Waals surface area contributed by atoms with E-state index < -0.39 is 38.3 Å². The summed E-state index contributed by atoms with van der Waals surface area (Å²) in [4.78, 5) is 46.2. The van der Waals surface area contributed by atoms with Crippen molar-refractivity contribution in [3.05, 3.63) is 112 Å². The molecule has 1 saturated heterocycles. The molecule has 1 N–H and O–H groups in total. The van der Waals surface area contributed by atoms with Gasteiger partial charge in [-0.2, -0.15) is 0 Å². The zero-order chi connectivity index (χ0) is 30.4. The van der Waals surface area contributed by atoms with Crippen molar-refractivity contribution in [1.29, 1.82) is 0 Å². The molecule has 0 spiro atoms. The minimum absolute atomic E-state index is 0.0729. The summed E-state index contributed by atoms with van der Waals surface area (Å²) < 4.78 is 26.4. The van der Waals surface area contributed by atoms with Crippen LogP contribution in [-0.2, 0) is 24.8 Å². The molecule has 0 aliphatic carbocycles. The largest absolute Gasteiger partial charge is 0.507 e. The lowest BCUT2D eigenvalue weighted by Gasteiger charge is -2.24. The number of thiazole rings is 1. The van der Waals surface area contributed by atoms with Gasteiger partial charge >= 0.3 is 5.91 Å². The second-order valence-corrected chi connectivity index (χ2v) is 13.7. The van der Waals surface area contributed by atoms with Crippen LogP contribution in [0.4, 0.5) is 10.8 Å². The van der Waals surface area contributed by atoms with Crippen LogP contribution in [0, 0.1) is 10.1 Å². The van der Waals surface area contributed by atoms with Gasteiger partial charge in [-0.3, -0.25) is 29.6 Å². The average molecular weight is 605 g/mol. The number of rotatable bonds is 6. The van der Waals surface area contributed by atoms with Gasteiger partial charge in [-0.15, -0.1) is 0 Å². The quantitative estimate of drug-likeness (QED) is 0.102. The van der Waals surface area contributed by atoms with Crippen molar-refractivity contribution in [1.82, 2.24) is 9.97 Å². The molecule has 0 radical (unpaired) electrons. The Morgan fingerprint density at radius 3 is 2.19 bits per heavy atom. The molecule has 4 aromatic rings. The number of benzene rings is 2. The molecule has 1 aliphatic heterocycles. The Labute approximate surface area is 244 Å². The van der Waals surface area contributed by atoms with Crippen LogP contribution < -0.4 is 4.90 Å². The van der Waals surface area contributed by atoms with E-state index in [0.717, 1.165) is 40.9 Å². The van der Waals surface area contributed by atoms with Crippen molar-refractivity contribution in [2.24, 2.45) is 0 Å². The van der Waals surface area contributed by atoms with Gasteiger partial charge in [0.25, 0.3) is 11.5 Å². The van der Waals surface area contributed by atoms with Crippen LogP contribution in [0.1, 0.15) is 43.5 Å². The van der Waals surface area contributed by atoms with Gasteiger partial charge in [0.1, 0.15) is 9.97 Å². The molecular formula is C29H24N4O7S2. The van der Waals surface area contributed by atoms with Gasteiger partial charge in [0.2, 0.25) is 9.84 Å². The molecule has 2 aromatic heterocycles. The van der Waals surface area contributed by atoms with E-state index in [4.69, 9.17) is 0 Å². The number of nitro benzene ring substituents is 1. The molecule has 11 nitrogen and oxygen atoms in total. The third kappa shape index (κ3) is 5.08. The maximum absolute atomic E-state index is 13.5. The first-order valence-electron chi connectivity index (χ1n) is 12.6. The lowest BCUT2D eigenvalue weighted by atomic mass is 9.85. The molecule has 214 valence electrons. The number of non-ortho nitro benzene ring substituents is 1. The number of hydrogen-bond donors (Lipinski definition) is 1. The Morgan fingerprint density at radius 1 is 1.00 bits per heavy atom. The maximum atomic E-state index is 13.5. The van der Waals surface area contributed by atoms with E-state index >= 15 is 0 Å². The summed E-state index contributed by atoms with van der Waals surface area (Å²) in [5, 5.41) is 22.1. The summed E-state index contributed by atoms with van der Waals surface area (Å²) in [5.74, 6) is -2.34. The number of anilines is 1. The number of ketones is 1. The minimum Gasteiger partial charge on any atom is -0.507 e. The fraction of sp³-hybridized carbons (Fsp3) is 0.172. The molecule has 1 amide bonds. The fourth-order valence-corrected chi connectivity index (χ4v) is 7.07. The van der Waals surface area contributed by atoms with Crippen LogP contribution >= 0.6 is 11.3 Å². The molecule has 0 saturated carbocycles. The molecule has 1 atom stereocenters. The van der Waals surface area contributed by atoms with E-state index in [1.807, 2.05) is 32.9 Å². The highest BCUT2D eigenvalue weighted by Crippen LogP contribution is 2.44. The molecule has 2 aromatic carbocycles. The number of pyridine rings is 1. The molecule has 13 heteroatoms. The van der Waals surface area contributed by atoms with Gasteiger partial charge in [-0.25, -0.2) is 13.4 Å². The fourth-order valence-electron chi connectivity index (χ4n) is 4.53. The summed E-state index contributed by atoms with van der Waals surface area (Å²) in [5.41, 5.74) is 1.17. The molecular weight excluding hydrogens is 580 g/mol. The third-order valence-electron chi connectivity index (χ3n) is 6.79. The Balaban J connectivity index is 1.63. The maximum Gasteiger partial charge on any atom is 0.301 e. The van der Waals surface area contributed by atoms with E-state index in [0.29, 0.717) is 16.9 Å². The molecule has 1 fully saturated rings. The Hall–Kier alpha value is -4.75. The number of aliphatic hydroxyl groups excluding tert-OH is 1.